The van der Waals surface area contributed by atoms with Gasteiger partial charge in [-0.15, -0.1) is 0 Å². The van der Waals surface area contributed by atoms with Gasteiger partial charge in [0.2, 0.25) is 0 Å². The fourth-order valence-electron chi connectivity index (χ4n) is 0.625. The molecule has 0 atom stereocenters. The maximum Gasteiger partial charge on any atom is 0.0775 e. The zero-order chi connectivity index (χ0) is 17.0. The van der Waals surface area contributed by atoms with E-state index in [4.69, 9.17) is 13.7 Å². The largest absolute Gasteiger partial charge is 0.0775 e. The molecular weight excluding hydrogens is 148 g/mol. The standard InChI is InChI=1S/C10H16Si/c1-9-5-7-10(8-6-9)11(2,3)4/h5-8H,1-4H3/i2D3,3D3,5D,6D,7D,8D. The quantitative estimate of drug-likeness (QED) is 0.574. The van der Waals surface area contributed by atoms with Gasteiger partial charge in [0.15, 0.2) is 0 Å². The first-order chi connectivity index (χ1) is 9.18. The summed E-state index contributed by atoms with van der Waals surface area (Å²) in [5.41, 5.74) is 0.0705. The fraction of sp³-hybridized carbons (Fsp3) is 0.400. The molecule has 0 saturated carbocycles. The summed E-state index contributed by atoms with van der Waals surface area (Å²) in [5.74, 6) is 0. The molecule has 11 heavy (non-hydrogen) atoms. The van der Waals surface area contributed by atoms with Crippen LogP contribution in [0.3, 0.4) is 0 Å². The van der Waals surface area contributed by atoms with Gasteiger partial charge < -0.3 is 0 Å². The Morgan fingerprint density at radius 2 is 1.82 bits per heavy atom. The second kappa shape index (κ2) is 2.82. The Morgan fingerprint density at radius 1 is 1.27 bits per heavy atom. The van der Waals surface area contributed by atoms with Gasteiger partial charge in [-0.3, -0.25) is 0 Å². The van der Waals surface area contributed by atoms with E-state index in [1.165, 1.54) is 6.92 Å². The van der Waals surface area contributed by atoms with Crippen molar-refractivity contribution in [2.24, 2.45) is 0 Å². The minimum atomic E-state index is -4.32. The molecule has 0 N–H and O–H groups in total. The molecule has 0 amide bonds. The van der Waals surface area contributed by atoms with E-state index in [2.05, 4.69) is 0 Å². The molecule has 1 aromatic carbocycles. The molecule has 0 aliphatic heterocycles. The third-order valence-electron chi connectivity index (χ3n) is 1.25. The first-order valence-electron chi connectivity index (χ1n) is 8.25. The van der Waals surface area contributed by atoms with E-state index in [9.17, 15) is 0 Å². The molecule has 1 rings (SSSR count). The van der Waals surface area contributed by atoms with Crippen molar-refractivity contribution in [1.29, 1.82) is 0 Å². The van der Waals surface area contributed by atoms with Gasteiger partial charge in [0, 0.05) is 8.22 Å². The topological polar surface area (TPSA) is 0 Å². The Hall–Kier alpha value is -0.563. The van der Waals surface area contributed by atoms with E-state index in [-0.39, 0.29) is 5.56 Å². The molecule has 0 bridgehead atoms. The SMILES string of the molecule is [2H]c1c([2H])c([Si](C)(C([2H])([2H])[2H])C([2H])([2H])[2H])c([2H])c([2H])c1C. The van der Waals surface area contributed by atoms with Crippen LogP contribution in [-0.4, -0.2) is 8.07 Å². The molecule has 0 unspecified atom stereocenters. The first kappa shape index (κ1) is 2.23. The molecule has 0 heterocycles. The van der Waals surface area contributed by atoms with Crippen molar-refractivity contribution in [3.63, 3.8) is 0 Å². The van der Waals surface area contributed by atoms with Crippen molar-refractivity contribution in [3.8, 4) is 0 Å². The van der Waals surface area contributed by atoms with E-state index < -0.39 is 50.4 Å². The number of rotatable bonds is 1. The molecule has 0 radical (unpaired) electrons. The summed E-state index contributed by atoms with van der Waals surface area (Å²) in [5, 5.41) is -0.455. The third kappa shape index (κ3) is 2.19. The number of hydrogen-bond acceptors (Lipinski definition) is 0. The highest BCUT2D eigenvalue weighted by molar-refractivity contribution is 6.88. The molecule has 0 aliphatic rings. The van der Waals surface area contributed by atoms with E-state index in [1.54, 1.807) is 0 Å². The van der Waals surface area contributed by atoms with Gasteiger partial charge in [0.05, 0.1) is 13.6 Å². The van der Waals surface area contributed by atoms with Crippen molar-refractivity contribution in [2.45, 2.75) is 26.4 Å². The van der Waals surface area contributed by atoms with E-state index in [0.717, 1.165) is 6.55 Å². The second-order valence-electron chi connectivity index (χ2n) is 2.62. The summed E-state index contributed by atoms with van der Waals surface area (Å²) in [7, 11) is -4.32. The van der Waals surface area contributed by atoms with Crippen LogP contribution in [0.1, 0.15) is 19.3 Å². The molecule has 0 fully saturated rings. The first-order valence-corrected chi connectivity index (χ1v) is 5.75. The maximum atomic E-state index is 7.93. The molecule has 60 valence electrons. The van der Waals surface area contributed by atoms with Gasteiger partial charge >= 0.3 is 0 Å². The fourth-order valence-corrected chi connectivity index (χ4v) is 1.25. The number of hydrogen-bond donors (Lipinski definition) is 0. The summed E-state index contributed by atoms with van der Waals surface area (Å²) in [6.07, 6.45) is 0. The molecule has 0 nitrogen and oxygen atoms in total. The molecular formula is C10H16Si. The van der Waals surface area contributed by atoms with Crippen molar-refractivity contribution >= 4 is 13.3 Å². The van der Waals surface area contributed by atoms with Gasteiger partial charge in [-0.2, -0.15) is 0 Å². The van der Waals surface area contributed by atoms with Gasteiger partial charge in [-0.1, -0.05) is 54.4 Å². The van der Waals surface area contributed by atoms with E-state index in [1.807, 2.05) is 0 Å². The minimum absolute atomic E-state index is 0.0705. The average molecular weight is 174 g/mol. The van der Waals surface area contributed by atoms with Crippen LogP contribution in [0.5, 0.6) is 0 Å². The third-order valence-corrected chi connectivity index (χ3v) is 2.50. The molecule has 0 spiro atoms. The Morgan fingerprint density at radius 3 is 2.27 bits per heavy atom. The van der Waals surface area contributed by atoms with Gasteiger partial charge in [-0.05, 0) is 6.92 Å². The van der Waals surface area contributed by atoms with Crippen molar-refractivity contribution in [1.82, 2.24) is 0 Å². The lowest BCUT2D eigenvalue weighted by Gasteiger charge is -2.16. The van der Waals surface area contributed by atoms with Gasteiger partial charge in [0.1, 0.15) is 0 Å². The van der Waals surface area contributed by atoms with Crippen LogP contribution in [0.2, 0.25) is 19.5 Å². The summed E-state index contributed by atoms with van der Waals surface area (Å²) < 4.78 is 77.1. The van der Waals surface area contributed by atoms with Crippen molar-refractivity contribution in [2.75, 3.05) is 0 Å². The zero-order valence-corrected chi connectivity index (χ0v) is 7.50. The highest BCUT2D eigenvalue weighted by Crippen LogP contribution is 2.03. The Kier molecular flexibility index (Phi) is 0.570. The zero-order valence-electron chi connectivity index (χ0n) is 16.5. The van der Waals surface area contributed by atoms with Crippen molar-refractivity contribution in [3.05, 3.63) is 29.7 Å². The second-order valence-corrected chi connectivity index (χ2v) is 5.38. The van der Waals surface area contributed by atoms with Crippen LogP contribution in [0, 0.1) is 6.92 Å². The minimum Gasteiger partial charge on any atom is -0.0656 e. The normalized spacial score (nSPS) is 27.1. The van der Waals surface area contributed by atoms with Crippen LogP contribution in [0.4, 0.5) is 0 Å². The van der Waals surface area contributed by atoms with E-state index in [0.29, 0.717) is 0 Å². The molecule has 0 aliphatic carbocycles. The van der Waals surface area contributed by atoms with E-state index >= 15 is 0 Å². The smallest absolute Gasteiger partial charge is 0.0656 e. The Labute approximate surface area is 84.3 Å². The molecule has 1 heteroatoms. The monoisotopic (exact) mass is 174 g/mol. The Bertz CT molecular complexity index is 528. The van der Waals surface area contributed by atoms with Crippen LogP contribution in [0.15, 0.2) is 24.2 Å². The van der Waals surface area contributed by atoms with Crippen LogP contribution in [-0.2, 0) is 0 Å². The molecule has 1 aromatic rings. The lowest BCUT2D eigenvalue weighted by molar-refractivity contribution is 1.48. The summed E-state index contributed by atoms with van der Waals surface area (Å²) in [4.78, 5) is 0. The highest BCUT2D eigenvalue weighted by atomic mass is 28.3. The highest BCUT2D eigenvalue weighted by Gasteiger charge is 2.14. The predicted octanol–water partition coefficient (Wildman–Crippen LogP) is 2.54. The summed E-state index contributed by atoms with van der Waals surface area (Å²) >= 11 is 0. The molecule has 0 aromatic heterocycles. The Balaban J connectivity index is 3.96. The van der Waals surface area contributed by atoms with Gasteiger partial charge in [-0.25, -0.2) is 0 Å². The maximum absolute atomic E-state index is 7.93. The average Bonchev–Trinajstić information content (AvgIpc) is 2.31. The van der Waals surface area contributed by atoms with Gasteiger partial charge in [0.25, 0.3) is 0 Å². The summed E-state index contributed by atoms with van der Waals surface area (Å²) in [6.45, 7) is -3.29. The predicted molar refractivity (Wildman–Crippen MR) is 54.2 cm³/mol. The summed E-state index contributed by atoms with van der Waals surface area (Å²) in [6, 6.07) is -1.90. The lowest BCUT2D eigenvalue weighted by Crippen LogP contribution is -2.37. The van der Waals surface area contributed by atoms with Crippen LogP contribution in [0.25, 0.3) is 0 Å². The molecule has 0 saturated heterocycles. The van der Waals surface area contributed by atoms with Crippen LogP contribution >= 0.6 is 0 Å². The number of benzene rings is 1. The van der Waals surface area contributed by atoms with Crippen molar-refractivity contribution < 1.29 is 13.7 Å². The van der Waals surface area contributed by atoms with Crippen LogP contribution < -0.4 is 5.19 Å². The lowest BCUT2D eigenvalue weighted by atomic mass is 10.2.